The van der Waals surface area contributed by atoms with E-state index in [1.165, 1.54) is 39.6 Å². The number of fused-ring (bicyclic) bond motifs is 2. The molecule has 1 saturated heterocycles. The number of benzene rings is 1. The highest BCUT2D eigenvalue weighted by atomic mass is 16.2. The van der Waals surface area contributed by atoms with Crippen molar-refractivity contribution in [2.45, 2.75) is 45.7 Å². The van der Waals surface area contributed by atoms with Gasteiger partial charge in [-0.05, 0) is 79.6 Å². The number of pyridine rings is 1. The number of hydrogen-bond donors (Lipinski definition) is 3. The zero-order chi connectivity index (χ0) is 20.7. The molecule has 1 fully saturated rings. The minimum atomic E-state index is 0.0372. The van der Waals surface area contributed by atoms with E-state index in [9.17, 15) is 4.79 Å². The van der Waals surface area contributed by atoms with Crippen LogP contribution in [0.1, 0.15) is 48.1 Å². The van der Waals surface area contributed by atoms with Crippen LogP contribution < -0.4 is 10.6 Å². The van der Waals surface area contributed by atoms with Gasteiger partial charge in [0, 0.05) is 49.0 Å². The molecule has 2 aliphatic heterocycles. The number of nitrogens with zero attached hydrogens (tertiary/aromatic N) is 2. The van der Waals surface area contributed by atoms with E-state index in [1.807, 2.05) is 24.2 Å². The fourth-order valence-corrected chi connectivity index (χ4v) is 4.85. The molecule has 3 N–H and O–H groups in total. The molecule has 4 heterocycles. The van der Waals surface area contributed by atoms with Crippen molar-refractivity contribution in [3.8, 4) is 11.1 Å². The lowest BCUT2D eigenvalue weighted by Crippen LogP contribution is -2.43. The molecule has 30 heavy (non-hydrogen) atoms. The van der Waals surface area contributed by atoms with Gasteiger partial charge in [0.1, 0.15) is 5.65 Å². The molecule has 0 saturated carbocycles. The Kier molecular flexibility index (Phi) is 4.95. The summed E-state index contributed by atoms with van der Waals surface area (Å²) >= 11 is 0. The second kappa shape index (κ2) is 7.76. The van der Waals surface area contributed by atoms with Crippen molar-refractivity contribution >= 4 is 17.1 Å². The molecule has 2 aliphatic rings. The third-order valence-corrected chi connectivity index (χ3v) is 6.50. The summed E-state index contributed by atoms with van der Waals surface area (Å²) in [6.45, 7) is 7.23. The highest BCUT2D eigenvalue weighted by Crippen LogP contribution is 2.36. The monoisotopic (exact) mass is 403 g/mol. The number of aryl methyl sites for hydroxylation is 1. The molecule has 0 radical (unpaired) electrons. The molecule has 1 atom stereocenters. The molecule has 156 valence electrons. The predicted molar refractivity (Wildman–Crippen MR) is 119 cm³/mol. The van der Waals surface area contributed by atoms with Gasteiger partial charge in [0.2, 0.25) is 0 Å². The summed E-state index contributed by atoms with van der Waals surface area (Å²) in [4.78, 5) is 22.3. The number of rotatable bonds is 3. The smallest absolute Gasteiger partial charge is 0.317 e. The van der Waals surface area contributed by atoms with Gasteiger partial charge in [-0.1, -0.05) is 6.07 Å². The fraction of sp³-hybridized carbons (Fsp3) is 0.417. The zero-order valence-electron chi connectivity index (χ0n) is 17.7. The van der Waals surface area contributed by atoms with E-state index >= 15 is 0 Å². The van der Waals surface area contributed by atoms with Gasteiger partial charge in [0.15, 0.2) is 0 Å². The molecule has 3 aromatic rings. The van der Waals surface area contributed by atoms with Gasteiger partial charge >= 0.3 is 6.03 Å². The Labute approximate surface area is 177 Å². The number of amides is 2. The first kappa shape index (κ1) is 19.1. The first-order valence-corrected chi connectivity index (χ1v) is 11.0. The summed E-state index contributed by atoms with van der Waals surface area (Å²) in [5.74, 6) is 0. The standard InChI is InChI=1S/C24H29N5O/c1-3-25-24(30)29-8-6-16-9-17(10-20(21(16)14-29)22-5-4-7-26-22)18-11-19-15(2)12-27-23(19)28-13-18/h9-13,22,26H,3-8,14H2,1-2H3,(H,25,30)(H,27,28). The summed E-state index contributed by atoms with van der Waals surface area (Å²) in [5.41, 5.74) is 8.55. The maximum atomic E-state index is 12.4. The third-order valence-electron chi connectivity index (χ3n) is 6.50. The fourth-order valence-electron chi connectivity index (χ4n) is 4.85. The van der Waals surface area contributed by atoms with E-state index in [4.69, 9.17) is 0 Å². The largest absolute Gasteiger partial charge is 0.346 e. The van der Waals surface area contributed by atoms with Crippen LogP contribution >= 0.6 is 0 Å². The summed E-state index contributed by atoms with van der Waals surface area (Å²) in [6, 6.07) is 7.28. The number of H-pyrrole nitrogens is 1. The van der Waals surface area contributed by atoms with Crippen LogP contribution in [0, 0.1) is 6.92 Å². The molecule has 5 rings (SSSR count). The molecular weight excluding hydrogens is 374 g/mol. The van der Waals surface area contributed by atoms with Crippen molar-refractivity contribution in [3.05, 3.63) is 52.8 Å². The number of aromatic amines is 1. The number of aromatic nitrogens is 2. The molecule has 6 nitrogen and oxygen atoms in total. The van der Waals surface area contributed by atoms with Crippen LogP contribution in [0.4, 0.5) is 4.79 Å². The molecule has 0 bridgehead atoms. The molecule has 2 amide bonds. The molecule has 0 aliphatic carbocycles. The maximum Gasteiger partial charge on any atom is 0.317 e. The van der Waals surface area contributed by atoms with Gasteiger partial charge in [-0.3, -0.25) is 0 Å². The average molecular weight is 404 g/mol. The van der Waals surface area contributed by atoms with Crippen molar-refractivity contribution in [1.82, 2.24) is 25.5 Å². The van der Waals surface area contributed by atoms with E-state index in [1.54, 1.807) is 0 Å². The Bertz CT molecular complexity index is 1100. The van der Waals surface area contributed by atoms with E-state index in [-0.39, 0.29) is 6.03 Å². The van der Waals surface area contributed by atoms with Crippen LogP contribution in [0.5, 0.6) is 0 Å². The first-order chi connectivity index (χ1) is 14.6. The van der Waals surface area contributed by atoms with Crippen molar-refractivity contribution in [2.75, 3.05) is 19.6 Å². The number of nitrogens with one attached hydrogen (secondary N) is 3. The number of urea groups is 1. The van der Waals surface area contributed by atoms with Crippen LogP contribution in [0.25, 0.3) is 22.2 Å². The van der Waals surface area contributed by atoms with Gasteiger partial charge in [-0.2, -0.15) is 0 Å². The Balaban J connectivity index is 1.58. The normalized spacial score (nSPS) is 18.6. The maximum absolute atomic E-state index is 12.4. The van der Waals surface area contributed by atoms with Crippen molar-refractivity contribution in [2.24, 2.45) is 0 Å². The van der Waals surface area contributed by atoms with Gasteiger partial charge in [0.25, 0.3) is 0 Å². The van der Waals surface area contributed by atoms with Crippen molar-refractivity contribution in [3.63, 3.8) is 0 Å². The van der Waals surface area contributed by atoms with Crippen LogP contribution in [0.2, 0.25) is 0 Å². The Morgan fingerprint density at radius 3 is 3.00 bits per heavy atom. The van der Waals surface area contributed by atoms with E-state index in [0.717, 1.165) is 37.1 Å². The van der Waals surface area contributed by atoms with Gasteiger partial charge in [0.05, 0.1) is 0 Å². The lowest BCUT2D eigenvalue weighted by molar-refractivity contribution is 0.192. The highest BCUT2D eigenvalue weighted by molar-refractivity contribution is 5.84. The number of carbonyl (C=O) groups excluding carboxylic acids is 1. The molecule has 0 spiro atoms. The van der Waals surface area contributed by atoms with Crippen LogP contribution in [0.3, 0.4) is 0 Å². The van der Waals surface area contributed by atoms with Gasteiger partial charge in [-0.25, -0.2) is 9.78 Å². The van der Waals surface area contributed by atoms with Crippen LogP contribution in [-0.4, -0.2) is 40.5 Å². The number of carbonyl (C=O) groups is 1. The lowest BCUT2D eigenvalue weighted by Gasteiger charge is -2.32. The van der Waals surface area contributed by atoms with E-state index < -0.39 is 0 Å². The summed E-state index contributed by atoms with van der Waals surface area (Å²) in [7, 11) is 0. The lowest BCUT2D eigenvalue weighted by atomic mass is 9.87. The van der Waals surface area contributed by atoms with Gasteiger partial charge < -0.3 is 20.5 Å². The number of hydrogen-bond acceptors (Lipinski definition) is 3. The molecule has 6 heteroatoms. The summed E-state index contributed by atoms with van der Waals surface area (Å²) in [6.07, 6.45) is 7.21. The SMILES string of the molecule is CCNC(=O)N1CCc2cc(-c3cnc4[nH]cc(C)c4c3)cc(C3CCCN3)c2C1. The molecular formula is C24H29N5O. The van der Waals surface area contributed by atoms with Gasteiger partial charge in [-0.15, -0.1) is 0 Å². The Morgan fingerprint density at radius 1 is 1.30 bits per heavy atom. The summed E-state index contributed by atoms with van der Waals surface area (Å²) in [5, 5.41) is 7.79. The van der Waals surface area contributed by atoms with Crippen molar-refractivity contribution in [1.29, 1.82) is 0 Å². The second-order valence-corrected chi connectivity index (χ2v) is 8.45. The topological polar surface area (TPSA) is 73.0 Å². The molecule has 1 unspecified atom stereocenters. The quantitative estimate of drug-likeness (QED) is 0.618. The Morgan fingerprint density at radius 2 is 2.20 bits per heavy atom. The van der Waals surface area contributed by atoms with Crippen LogP contribution in [0.15, 0.2) is 30.6 Å². The van der Waals surface area contributed by atoms with E-state index in [0.29, 0.717) is 19.1 Å². The van der Waals surface area contributed by atoms with E-state index in [2.05, 4.69) is 45.7 Å². The Hall–Kier alpha value is -2.86. The van der Waals surface area contributed by atoms with Crippen molar-refractivity contribution < 1.29 is 4.79 Å². The zero-order valence-corrected chi connectivity index (χ0v) is 17.7. The first-order valence-electron chi connectivity index (χ1n) is 11.0. The molecule has 1 aromatic carbocycles. The van der Waals surface area contributed by atoms with Crippen LogP contribution in [-0.2, 0) is 13.0 Å². The predicted octanol–water partition coefficient (Wildman–Crippen LogP) is 4.05. The second-order valence-electron chi connectivity index (χ2n) is 8.45. The average Bonchev–Trinajstić information content (AvgIpc) is 3.43. The summed E-state index contributed by atoms with van der Waals surface area (Å²) < 4.78 is 0. The minimum absolute atomic E-state index is 0.0372. The minimum Gasteiger partial charge on any atom is -0.346 e. The third kappa shape index (κ3) is 3.35. The molecule has 2 aromatic heterocycles. The highest BCUT2D eigenvalue weighted by Gasteiger charge is 2.27.